The maximum absolute atomic E-state index is 13.0. The lowest BCUT2D eigenvalue weighted by Crippen LogP contribution is -2.61. The average molecular weight is 480 g/mol. The number of carbonyl (C=O) groups excluding carboxylic acids is 1. The molecule has 0 bridgehead atoms. The van der Waals surface area contributed by atoms with Crippen LogP contribution in [0.4, 0.5) is 26.3 Å². The molecule has 5 rings (SSSR count). The van der Waals surface area contributed by atoms with Gasteiger partial charge in [-0.15, -0.1) is 0 Å². The largest absolute Gasteiger partial charge is 0.416 e. The van der Waals surface area contributed by atoms with E-state index in [0.717, 1.165) is 18.2 Å². The van der Waals surface area contributed by atoms with Crippen molar-refractivity contribution in [2.45, 2.75) is 31.0 Å². The minimum Gasteiger partial charge on any atom is -0.347 e. The van der Waals surface area contributed by atoms with Crippen molar-refractivity contribution in [3.63, 3.8) is 0 Å². The van der Waals surface area contributed by atoms with Gasteiger partial charge in [0.2, 0.25) is 5.96 Å². The number of nitrogens with zero attached hydrogens (tertiary/aromatic N) is 2. The monoisotopic (exact) mass is 480 g/mol. The van der Waals surface area contributed by atoms with Crippen LogP contribution in [0.2, 0.25) is 0 Å². The lowest BCUT2D eigenvalue weighted by atomic mass is 9.84. The van der Waals surface area contributed by atoms with Gasteiger partial charge in [-0.1, -0.05) is 48.6 Å². The van der Waals surface area contributed by atoms with Crippen molar-refractivity contribution in [2.75, 3.05) is 0 Å². The summed E-state index contributed by atoms with van der Waals surface area (Å²) >= 11 is 0. The lowest BCUT2D eigenvalue weighted by molar-refractivity contribution is -0.160. The first-order valence-corrected chi connectivity index (χ1v) is 10.5. The molecule has 0 saturated carbocycles. The van der Waals surface area contributed by atoms with Gasteiger partial charge in [0.1, 0.15) is 6.17 Å². The Bertz CT molecular complexity index is 1160. The number of amides is 1. The lowest BCUT2D eigenvalue weighted by Gasteiger charge is -2.36. The van der Waals surface area contributed by atoms with Crippen LogP contribution in [0, 0.1) is 11.8 Å². The third-order valence-electron chi connectivity index (χ3n) is 6.15. The number of rotatable bonds is 2. The quantitative estimate of drug-likeness (QED) is 0.611. The maximum atomic E-state index is 13.0. The zero-order chi connectivity index (χ0) is 24.3. The number of hydrogen-bond donors (Lipinski definition) is 2. The van der Waals surface area contributed by atoms with E-state index in [4.69, 9.17) is 0 Å². The summed E-state index contributed by atoms with van der Waals surface area (Å²) in [4.78, 5) is 17.4. The van der Waals surface area contributed by atoms with Crippen molar-refractivity contribution >= 4 is 11.9 Å². The van der Waals surface area contributed by atoms with Gasteiger partial charge in [-0.25, -0.2) is 10.0 Å². The Balaban J connectivity index is 1.33. The number of carbonyl (C=O) groups is 1. The summed E-state index contributed by atoms with van der Waals surface area (Å²) in [7, 11) is 0. The highest BCUT2D eigenvalue weighted by atomic mass is 19.4. The predicted octanol–water partition coefficient (Wildman–Crippen LogP) is 4.56. The molecule has 4 atom stereocenters. The molecule has 178 valence electrons. The highest BCUT2D eigenvalue weighted by Crippen LogP contribution is 2.36. The number of alkyl halides is 6. The van der Waals surface area contributed by atoms with E-state index < -0.39 is 42.0 Å². The van der Waals surface area contributed by atoms with E-state index in [1.807, 2.05) is 0 Å². The molecule has 4 aliphatic rings. The topological polar surface area (TPSA) is 56.7 Å². The van der Waals surface area contributed by atoms with Crippen molar-refractivity contribution in [1.29, 1.82) is 0 Å². The molecular weight excluding hydrogens is 462 g/mol. The second-order valence-electron chi connectivity index (χ2n) is 8.36. The molecule has 0 radical (unpaired) electrons. The summed E-state index contributed by atoms with van der Waals surface area (Å²) in [5.74, 6) is -2.15. The van der Waals surface area contributed by atoms with Crippen LogP contribution in [-0.2, 0) is 11.0 Å². The van der Waals surface area contributed by atoms with Gasteiger partial charge in [0, 0.05) is 0 Å². The van der Waals surface area contributed by atoms with Gasteiger partial charge in [-0.3, -0.25) is 4.79 Å². The van der Waals surface area contributed by atoms with Crippen molar-refractivity contribution in [1.82, 2.24) is 15.8 Å². The van der Waals surface area contributed by atoms with Crippen molar-refractivity contribution in [2.24, 2.45) is 16.8 Å². The molecule has 2 aliphatic carbocycles. The fourth-order valence-corrected chi connectivity index (χ4v) is 4.28. The summed E-state index contributed by atoms with van der Waals surface area (Å²) < 4.78 is 77.1. The highest BCUT2D eigenvalue weighted by molar-refractivity contribution is 6.02. The first-order chi connectivity index (χ1) is 16.0. The van der Waals surface area contributed by atoms with Gasteiger partial charge in [0.05, 0.1) is 23.4 Å². The van der Waals surface area contributed by atoms with Crippen LogP contribution < -0.4 is 10.7 Å². The molecule has 0 aromatic heterocycles. The normalized spacial score (nSPS) is 28.6. The number of fused-ring (bicyclic) bond motifs is 2. The van der Waals surface area contributed by atoms with E-state index in [0.29, 0.717) is 16.7 Å². The van der Waals surface area contributed by atoms with Gasteiger partial charge >= 0.3 is 12.4 Å². The fraction of sp³-hybridized carbons (Fsp3) is 0.304. The van der Waals surface area contributed by atoms with E-state index in [-0.39, 0.29) is 18.3 Å². The number of hydrogen-bond acceptors (Lipinski definition) is 4. The molecule has 1 amide bonds. The van der Waals surface area contributed by atoms with Crippen LogP contribution in [0.3, 0.4) is 0 Å². The Labute approximate surface area is 190 Å². The van der Waals surface area contributed by atoms with Crippen molar-refractivity contribution < 1.29 is 31.1 Å². The van der Waals surface area contributed by atoms with Gasteiger partial charge in [0.15, 0.2) is 0 Å². The predicted molar refractivity (Wildman–Crippen MR) is 111 cm³/mol. The smallest absolute Gasteiger partial charge is 0.347 e. The Kier molecular flexibility index (Phi) is 5.19. The molecule has 34 heavy (non-hydrogen) atoms. The maximum Gasteiger partial charge on any atom is 0.416 e. The number of halogens is 6. The molecule has 1 fully saturated rings. The second kappa shape index (κ2) is 7.86. The van der Waals surface area contributed by atoms with Crippen LogP contribution in [-0.4, -0.2) is 29.1 Å². The minimum absolute atomic E-state index is 0.153. The number of guanidine groups is 1. The van der Waals surface area contributed by atoms with E-state index in [2.05, 4.69) is 15.7 Å². The molecule has 1 aromatic rings. The molecule has 2 aliphatic heterocycles. The van der Waals surface area contributed by atoms with Gasteiger partial charge in [-0.2, -0.15) is 31.8 Å². The van der Waals surface area contributed by atoms with E-state index in [1.54, 1.807) is 18.2 Å². The highest BCUT2D eigenvalue weighted by Gasteiger charge is 2.43. The van der Waals surface area contributed by atoms with E-state index >= 15 is 0 Å². The van der Waals surface area contributed by atoms with Gasteiger partial charge in [-0.05, 0) is 35.3 Å². The number of benzene rings is 1. The number of aliphatic imine (C=N–C) groups is 1. The fourth-order valence-electron chi connectivity index (χ4n) is 4.28. The molecular formula is C23H18F6N4O. The van der Waals surface area contributed by atoms with Crippen molar-refractivity contribution in [3.05, 3.63) is 83.0 Å². The standard InChI is InChI=1S/C23H18F6N4O/c24-22(25,26)15-6-1-12(2-7-15)14-5-10-17-18(11-14)30-21-31-19(32-33(21)20(17)34)13-3-8-16(9-4-13)23(27,28)29/h1-6,8-11,15,17-19,32H,7H2,(H,30,31). The molecule has 11 heteroatoms. The SMILES string of the molecule is O=C1C2C=CC(C3=CCC(C(F)(F)F)C=C3)=CC2NC2=NC(c3ccc(C(F)(F)F)cc3)NN12. The Morgan fingerprint density at radius 2 is 1.68 bits per heavy atom. The second-order valence-corrected chi connectivity index (χ2v) is 8.36. The van der Waals surface area contributed by atoms with Crippen LogP contribution in [0.15, 0.2) is 76.9 Å². The van der Waals surface area contributed by atoms with E-state index in [1.165, 1.54) is 29.3 Å². The summed E-state index contributed by atoms with van der Waals surface area (Å²) in [5.41, 5.74) is 3.90. The first kappa shape index (κ1) is 22.5. The van der Waals surface area contributed by atoms with E-state index in [9.17, 15) is 31.1 Å². The van der Waals surface area contributed by atoms with Crippen LogP contribution in [0.5, 0.6) is 0 Å². The summed E-state index contributed by atoms with van der Waals surface area (Å²) in [6, 6.07) is 4.04. The number of nitrogens with one attached hydrogen (secondary N) is 2. The van der Waals surface area contributed by atoms with Crippen LogP contribution in [0.1, 0.15) is 23.7 Å². The Morgan fingerprint density at radius 1 is 0.971 bits per heavy atom. The molecule has 1 aromatic carbocycles. The molecule has 2 N–H and O–H groups in total. The van der Waals surface area contributed by atoms with Crippen LogP contribution in [0.25, 0.3) is 0 Å². The average Bonchev–Trinajstić information content (AvgIpc) is 3.22. The first-order valence-electron chi connectivity index (χ1n) is 10.5. The zero-order valence-corrected chi connectivity index (χ0v) is 17.4. The van der Waals surface area contributed by atoms with Crippen LogP contribution >= 0.6 is 0 Å². The molecule has 2 heterocycles. The van der Waals surface area contributed by atoms with Crippen molar-refractivity contribution in [3.8, 4) is 0 Å². The summed E-state index contributed by atoms with van der Waals surface area (Å²) in [5, 5.41) is 4.38. The third kappa shape index (κ3) is 4.04. The summed E-state index contributed by atoms with van der Waals surface area (Å²) in [6.45, 7) is 0. The van der Waals surface area contributed by atoms with Gasteiger partial charge < -0.3 is 5.32 Å². The summed E-state index contributed by atoms with van der Waals surface area (Å²) in [6.07, 6.45) is -0.380. The number of allylic oxidation sites excluding steroid dienone is 6. The molecule has 0 spiro atoms. The minimum atomic E-state index is -4.45. The third-order valence-corrected chi connectivity index (χ3v) is 6.15. The van der Waals surface area contributed by atoms with Gasteiger partial charge in [0.25, 0.3) is 5.91 Å². The molecule has 4 unspecified atom stereocenters. The number of hydrazine groups is 1. The Morgan fingerprint density at radius 3 is 2.29 bits per heavy atom. The zero-order valence-electron chi connectivity index (χ0n) is 17.4. The molecule has 5 nitrogen and oxygen atoms in total. The molecule has 1 saturated heterocycles. The Hall–Kier alpha value is -3.34.